The molecule has 124 valence electrons. The molecule has 0 aromatic carbocycles. The first-order chi connectivity index (χ1) is 11.1. The molecule has 0 aliphatic carbocycles. The molecule has 7 heteroatoms. The topological polar surface area (TPSA) is 54.4 Å². The predicted molar refractivity (Wildman–Crippen MR) is 91.9 cm³/mol. The van der Waals surface area contributed by atoms with Gasteiger partial charge in [0.15, 0.2) is 5.82 Å². The Labute approximate surface area is 141 Å². The Morgan fingerprint density at radius 1 is 1.43 bits per heavy atom. The first kappa shape index (κ1) is 16.3. The number of nitrogens with zero attached hydrogens (tertiary/aromatic N) is 5. The number of rotatable bonds is 5. The van der Waals surface area contributed by atoms with E-state index in [0.29, 0.717) is 0 Å². The van der Waals surface area contributed by atoms with Crippen LogP contribution in [0.1, 0.15) is 15.6 Å². The molecule has 1 aliphatic rings. The number of thiazole rings is 1. The molecule has 0 saturated carbocycles. The maximum atomic E-state index is 5.93. The van der Waals surface area contributed by atoms with E-state index in [1.807, 2.05) is 19.2 Å². The number of likely N-dealkylation sites (N-methyl/N-ethyl adjacent to an activating group) is 1. The van der Waals surface area contributed by atoms with Gasteiger partial charge < -0.3 is 9.64 Å². The lowest BCUT2D eigenvalue weighted by atomic mass is 10.2. The van der Waals surface area contributed by atoms with Gasteiger partial charge in [0.05, 0.1) is 23.4 Å². The average Bonchev–Trinajstić information content (AvgIpc) is 2.86. The van der Waals surface area contributed by atoms with Crippen molar-refractivity contribution in [3.63, 3.8) is 0 Å². The zero-order valence-corrected chi connectivity index (χ0v) is 14.7. The molecule has 3 rings (SSSR count). The summed E-state index contributed by atoms with van der Waals surface area (Å²) >= 11 is 1.80. The van der Waals surface area contributed by atoms with E-state index in [0.717, 1.165) is 49.3 Å². The molecule has 0 amide bonds. The Hall–Kier alpha value is -1.57. The minimum atomic E-state index is 0.185. The van der Waals surface area contributed by atoms with Crippen LogP contribution in [-0.4, -0.2) is 59.5 Å². The van der Waals surface area contributed by atoms with Crippen molar-refractivity contribution < 1.29 is 4.74 Å². The third-order valence-corrected chi connectivity index (χ3v) is 5.07. The zero-order valence-electron chi connectivity index (χ0n) is 13.9. The molecule has 1 atom stereocenters. The van der Waals surface area contributed by atoms with Gasteiger partial charge in [-0.05, 0) is 26.0 Å². The third-order valence-electron chi connectivity index (χ3n) is 4.02. The lowest BCUT2D eigenvalue weighted by molar-refractivity contribution is -0.0262. The maximum absolute atomic E-state index is 5.93. The van der Waals surface area contributed by atoms with Crippen molar-refractivity contribution in [2.75, 3.05) is 38.2 Å². The summed E-state index contributed by atoms with van der Waals surface area (Å²) in [6.07, 6.45) is 1.88. The minimum Gasteiger partial charge on any atom is -0.374 e. The van der Waals surface area contributed by atoms with E-state index < -0.39 is 0 Å². The Morgan fingerprint density at radius 2 is 2.30 bits per heavy atom. The number of morpholine rings is 1. The molecule has 2 aromatic rings. The molecule has 0 radical (unpaired) electrons. The van der Waals surface area contributed by atoms with Crippen molar-refractivity contribution in [2.24, 2.45) is 0 Å². The molecular formula is C16H23N5OS. The zero-order chi connectivity index (χ0) is 16.2. The Kier molecular flexibility index (Phi) is 5.20. The van der Waals surface area contributed by atoms with E-state index in [1.165, 1.54) is 4.88 Å². The Morgan fingerprint density at radius 3 is 3.00 bits per heavy atom. The molecule has 0 spiro atoms. The van der Waals surface area contributed by atoms with Gasteiger partial charge in [0.25, 0.3) is 0 Å². The van der Waals surface area contributed by atoms with Crippen molar-refractivity contribution in [2.45, 2.75) is 26.5 Å². The van der Waals surface area contributed by atoms with Gasteiger partial charge in [-0.15, -0.1) is 16.4 Å². The first-order valence-electron chi connectivity index (χ1n) is 7.87. The summed E-state index contributed by atoms with van der Waals surface area (Å²) in [5.41, 5.74) is 1.16. The molecule has 1 saturated heterocycles. The monoisotopic (exact) mass is 333 g/mol. The molecule has 1 fully saturated rings. The number of hydrogen-bond donors (Lipinski definition) is 0. The molecule has 0 N–H and O–H groups in total. The number of aromatic nitrogens is 3. The highest BCUT2D eigenvalue weighted by molar-refractivity contribution is 7.11. The van der Waals surface area contributed by atoms with E-state index >= 15 is 0 Å². The van der Waals surface area contributed by atoms with Gasteiger partial charge in [0.2, 0.25) is 0 Å². The Balaban J connectivity index is 1.57. The van der Waals surface area contributed by atoms with Crippen molar-refractivity contribution in [1.29, 1.82) is 0 Å². The molecule has 23 heavy (non-hydrogen) atoms. The number of hydrogen-bond acceptors (Lipinski definition) is 7. The van der Waals surface area contributed by atoms with Crippen molar-refractivity contribution >= 4 is 17.2 Å². The van der Waals surface area contributed by atoms with Crippen molar-refractivity contribution in [3.8, 4) is 0 Å². The van der Waals surface area contributed by atoms with E-state index in [2.05, 4.69) is 38.8 Å². The summed E-state index contributed by atoms with van der Waals surface area (Å²) in [5, 5.41) is 9.22. The van der Waals surface area contributed by atoms with E-state index in [1.54, 1.807) is 17.5 Å². The molecule has 2 aromatic heterocycles. The van der Waals surface area contributed by atoms with Crippen LogP contribution in [0, 0.1) is 13.8 Å². The van der Waals surface area contributed by atoms with Gasteiger partial charge in [-0.25, -0.2) is 4.98 Å². The lowest BCUT2D eigenvalue weighted by Crippen LogP contribution is -2.46. The fourth-order valence-electron chi connectivity index (χ4n) is 2.85. The number of aryl methyl sites for hydroxylation is 2. The smallest absolute Gasteiger partial charge is 0.151 e. The van der Waals surface area contributed by atoms with E-state index in [4.69, 9.17) is 4.74 Å². The van der Waals surface area contributed by atoms with Crippen LogP contribution >= 0.6 is 11.3 Å². The highest BCUT2D eigenvalue weighted by Crippen LogP contribution is 2.20. The molecule has 0 unspecified atom stereocenters. The summed E-state index contributed by atoms with van der Waals surface area (Å²) in [4.78, 5) is 10.4. The summed E-state index contributed by atoms with van der Waals surface area (Å²) < 4.78 is 5.93. The lowest BCUT2D eigenvalue weighted by Gasteiger charge is -2.34. The van der Waals surface area contributed by atoms with E-state index in [9.17, 15) is 0 Å². The fourth-order valence-corrected chi connectivity index (χ4v) is 3.83. The molecule has 1 aliphatic heterocycles. The van der Waals surface area contributed by atoms with Crippen LogP contribution in [0.4, 0.5) is 5.82 Å². The van der Waals surface area contributed by atoms with Crippen molar-refractivity contribution in [1.82, 2.24) is 20.1 Å². The van der Waals surface area contributed by atoms with Crippen LogP contribution in [0.15, 0.2) is 18.3 Å². The third kappa shape index (κ3) is 4.25. The Bertz CT molecular complexity index is 633. The van der Waals surface area contributed by atoms with Crippen LogP contribution in [0.2, 0.25) is 0 Å². The van der Waals surface area contributed by atoms with Crippen LogP contribution in [0.3, 0.4) is 0 Å². The second-order valence-corrected chi connectivity index (χ2v) is 7.22. The second kappa shape index (κ2) is 7.33. The summed E-state index contributed by atoms with van der Waals surface area (Å²) in [6.45, 7) is 8.62. The highest BCUT2D eigenvalue weighted by Gasteiger charge is 2.23. The molecule has 3 heterocycles. The second-order valence-electron chi connectivity index (χ2n) is 5.93. The van der Waals surface area contributed by atoms with Crippen LogP contribution in [0.5, 0.6) is 0 Å². The average molecular weight is 333 g/mol. The fraction of sp³-hybridized carbons (Fsp3) is 0.562. The predicted octanol–water partition coefficient (Wildman–Crippen LogP) is 1.89. The molecular weight excluding hydrogens is 310 g/mol. The normalized spacial score (nSPS) is 19.0. The van der Waals surface area contributed by atoms with Gasteiger partial charge >= 0.3 is 0 Å². The van der Waals surface area contributed by atoms with Gasteiger partial charge in [0, 0.05) is 44.3 Å². The number of anilines is 1. The quantitative estimate of drug-likeness (QED) is 0.833. The molecule has 6 nitrogen and oxygen atoms in total. The van der Waals surface area contributed by atoms with Crippen LogP contribution in [-0.2, 0) is 11.3 Å². The number of ether oxygens (including phenoxy) is 1. The molecule has 0 bridgehead atoms. The van der Waals surface area contributed by atoms with Gasteiger partial charge in [-0.3, -0.25) is 4.90 Å². The van der Waals surface area contributed by atoms with Crippen molar-refractivity contribution in [3.05, 3.63) is 33.9 Å². The summed E-state index contributed by atoms with van der Waals surface area (Å²) in [6, 6.07) is 3.87. The summed E-state index contributed by atoms with van der Waals surface area (Å²) in [5.74, 6) is 0.877. The van der Waals surface area contributed by atoms with Gasteiger partial charge in [-0.1, -0.05) is 0 Å². The van der Waals surface area contributed by atoms with Gasteiger partial charge in [-0.2, -0.15) is 5.10 Å². The van der Waals surface area contributed by atoms with E-state index in [-0.39, 0.29) is 6.10 Å². The summed E-state index contributed by atoms with van der Waals surface area (Å²) in [7, 11) is 2.03. The standard InChI is InChI=1S/C16H23N5OS/c1-12-15(23-13(2)18-12)11-21-7-8-22-14(10-21)9-20(3)16-5-4-6-17-19-16/h4-6,14H,7-11H2,1-3H3/t14-/m1/s1. The van der Waals surface area contributed by atoms with Crippen LogP contribution < -0.4 is 4.90 Å². The highest BCUT2D eigenvalue weighted by atomic mass is 32.1. The van der Waals surface area contributed by atoms with Gasteiger partial charge in [0.1, 0.15) is 0 Å². The largest absolute Gasteiger partial charge is 0.374 e. The van der Waals surface area contributed by atoms with Crippen LogP contribution in [0.25, 0.3) is 0 Å². The minimum absolute atomic E-state index is 0.185. The SMILES string of the molecule is Cc1nc(C)c(CN2CCO[C@H](CN(C)c3cccnn3)C2)s1. The first-order valence-corrected chi connectivity index (χ1v) is 8.69. The maximum Gasteiger partial charge on any atom is 0.151 e.